The van der Waals surface area contributed by atoms with Gasteiger partial charge < -0.3 is 14.6 Å². The number of aromatic nitrogens is 4. The third kappa shape index (κ3) is 3.86. The maximum atomic E-state index is 12.2. The van der Waals surface area contributed by atoms with Crippen molar-refractivity contribution in [2.45, 2.75) is 25.9 Å². The third-order valence-electron chi connectivity index (χ3n) is 3.46. The number of nitrogens with one attached hydrogen (secondary N) is 1. The Labute approximate surface area is 149 Å². The number of nitrogens with zero attached hydrogens (tertiary/aromatic N) is 3. The molecule has 25 heavy (non-hydrogen) atoms. The number of halogens is 1. The second-order valence-electron chi connectivity index (χ2n) is 5.32. The van der Waals surface area contributed by atoms with E-state index in [9.17, 15) is 14.7 Å². The predicted molar refractivity (Wildman–Crippen MR) is 89.6 cm³/mol. The molecule has 0 fully saturated rings. The van der Waals surface area contributed by atoms with Gasteiger partial charge in [-0.2, -0.15) is 4.98 Å². The molecule has 3 rings (SSSR count). The lowest BCUT2D eigenvalue weighted by Gasteiger charge is -2.08. The van der Waals surface area contributed by atoms with E-state index in [1.807, 2.05) is 0 Å². The molecule has 0 bridgehead atoms. The summed E-state index contributed by atoms with van der Waals surface area (Å²) in [7, 11) is 0. The van der Waals surface area contributed by atoms with Crippen molar-refractivity contribution in [1.29, 1.82) is 0 Å². The molecule has 0 spiro atoms. The van der Waals surface area contributed by atoms with Crippen LogP contribution < -0.4 is 11.2 Å². The number of benzene rings is 1. The molecule has 1 aromatic carbocycles. The lowest BCUT2D eigenvalue weighted by Crippen LogP contribution is -2.36. The van der Waals surface area contributed by atoms with Crippen molar-refractivity contribution >= 4 is 11.6 Å². The minimum atomic E-state index is -2.66. The number of aliphatic hydroxyl groups is 1. The number of hydrogen-bond acceptors (Lipinski definition) is 6. The van der Waals surface area contributed by atoms with E-state index in [0.29, 0.717) is 15.2 Å². The minimum Gasteiger partial charge on any atom is -0.388 e. The lowest BCUT2D eigenvalue weighted by molar-refractivity contribution is 0.174. The van der Waals surface area contributed by atoms with E-state index in [4.69, 9.17) is 18.9 Å². The first-order chi connectivity index (χ1) is 12.7. The third-order valence-corrected chi connectivity index (χ3v) is 3.71. The molecule has 9 heteroatoms. The van der Waals surface area contributed by atoms with Gasteiger partial charge >= 0.3 is 5.69 Å². The van der Waals surface area contributed by atoms with Crippen molar-refractivity contribution in [3.63, 3.8) is 0 Å². The average Bonchev–Trinajstić information content (AvgIpc) is 3.08. The summed E-state index contributed by atoms with van der Waals surface area (Å²) in [5, 5.41) is 14.4. The molecule has 8 nitrogen and oxygen atoms in total. The maximum absolute atomic E-state index is 12.2. The monoisotopic (exact) mass is 364 g/mol. The van der Waals surface area contributed by atoms with Crippen molar-refractivity contribution < 1.29 is 12.4 Å². The van der Waals surface area contributed by atoms with E-state index < -0.39 is 29.7 Å². The topological polar surface area (TPSA) is 114 Å². The zero-order valence-corrected chi connectivity index (χ0v) is 13.8. The highest BCUT2D eigenvalue weighted by molar-refractivity contribution is 6.30. The van der Waals surface area contributed by atoms with Gasteiger partial charge in [0.2, 0.25) is 5.89 Å². The van der Waals surface area contributed by atoms with Crippen LogP contribution in [0.4, 0.5) is 0 Å². The fraction of sp³-hybridized carbons (Fsp3) is 0.250. The Morgan fingerprint density at radius 2 is 2.12 bits per heavy atom. The number of aliphatic hydroxyl groups excluding tert-OH is 1. The Hall–Kier alpha value is -2.71. The van der Waals surface area contributed by atoms with E-state index in [0.717, 1.165) is 0 Å². The molecule has 2 N–H and O–H groups in total. The highest BCUT2D eigenvalue weighted by atomic mass is 35.5. The van der Waals surface area contributed by atoms with Gasteiger partial charge in [0.25, 0.3) is 5.56 Å². The van der Waals surface area contributed by atoms with Crippen LogP contribution >= 0.6 is 11.6 Å². The first kappa shape index (κ1) is 14.6. The summed E-state index contributed by atoms with van der Waals surface area (Å²) in [6, 6.07) is 6.52. The summed E-state index contributed by atoms with van der Waals surface area (Å²) in [6.07, 6.45) is 0.169. The molecule has 130 valence electrons. The smallest absolute Gasteiger partial charge is 0.328 e. The van der Waals surface area contributed by atoms with Crippen LogP contribution in [-0.4, -0.2) is 24.8 Å². The van der Waals surface area contributed by atoms with E-state index in [-0.39, 0.29) is 17.8 Å². The Morgan fingerprint density at radius 3 is 2.84 bits per heavy atom. The van der Waals surface area contributed by atoms with Crippen LogP contribution in [0.15, 0.2) is 44.6 Å². The molecule has 0 saturated heterocycles. The second kappa shape index (κ2) is 7.04. The number of H-pyrrole nitrogens is 1. The van der Waals surface area contributed by atoms with Gasteiger partial charge in [-0.15, -0.1) is 0 Å². The fourth-order valence-corrected chi connectivity index (χ4v) is 2.25. The van der Waals surface area contributed by atoms with Crippen molar-refractivity contribution in [2.75, 3.05) is 0 Å². The van der Waals surface area contributed by atoms with Gasteiger partial charge in [0.05, 0.1) is 8.85 Å². The molecule has 0 amide bonds. The molecule has 0 unspecified atom stereocenters. The van der Waals surface area contributed by atoms with Crippen LogP contribution in [0.5, 0.6) is 0 Å². The number of aryl methyl sites for hydroxylation is 1. The summed E-state index contributed by atoms with van der Waals surface area (Å²) < 4.78 is 21.5. The standard InChI is InChI=1S/C16H15ClN4O4/c1-9-7-18-16(24)21(15(9)23)8-14-19-13(20-25-14)6-12(22)10-2-4-11(17)5-3-10/h2-5,7,12,22H,6,8H2,1H3,(H,18,24)/t12-/m0/s1/i8D2. The van der Waals surface area contributed by atoms with E-state index in [1.165, 1.54) is 13.1 Å². The van der Waals surface area contributed by atoms with Gasteiger partial charge in [0.1, 0.15) is 6.50 Å². The van der Waals surface area contributed by atoms with Gasteiger partial charge in [-0.05, 0) is 24.6 Å². The molecule has 3 aromatic rings. The summed E-state index contributed by atoms with van der Waals surface area (Å²) in [5.41, 5.74) is -1.04. The molecule has 0 radical (unpaired) electrons. The molecule has 0 saturated carbocycles. The van der Waals surface area contributed by atoms with Crippen molar-refractivity contribution in [3.05, 3.63) is 79.2 Å². The Balaban J connectivity index is 1.89. The zero-order valence-electron chi connectivity index (χ0n) is 15.1. The van der Waals surface area contributed by atoms with E-state index in [2.05, 4.69) is 15.1 Å². The number of rotatable bonds is 5. The SMILES string of the molecule is [2H]C([2H])(c1nc(C[C@H](O)c2ccc(Cl)cc2)no1)n1c(=O)[nH]cc(C)c1=O. The molecular formula is C16H15ClN4O4. The van der Waals surface area contributed by atoms with Crippen molar-refractivity contribution in [3.8, 4) is 0 Å². The first-order valence-corrected chi connectivity index (χ1v) is 7.66. The summed E-state index contributed by atoms with van der Waals surface area (Å²) in [4.78, 5) is 30.3. The quantitative estimate of drug-likeness (QED) is 0.703. The summed E-state index contributed by atoms with van der Waals surface area (Å²) >= 11 is 5.81. The highest BCUT2D eigenvalue weighted by Crippen LogP contribution is 2.19. The first-order valence-electron chi connectivity index (χ1n) is 8.28. The van der Waals surface area contributed by atoms with Gasteiger partial charge in [-0.25, -0.2) is 4.79 Å². The normalized spacial score (nSPS) is 14.0. The van der Waals surface area contributed by atoms with E-state index in [1.54, 1.807) is 24.3 Å². The largest absolute Gasteiger partial charge is 0.388 e. The number of hydrogen-bond donors (Lipinski definition) is 2. The van der Waals surface area contributed by atoms with Crippen LogP contribution in [0.25, 0.3) is 0 Å². The predicted octanol–water partition coefficient (Wildman–Crippen LogP) is 1.21. The van der Waals surface area contributed by atoms with E-state index >= 15 is 0 Å². The molecular weight excluding hydrogens is 348 g/mol. The molecule has 2 aromatic heterocycles. The molecule has 0 aliphatic carbocycles. The Bertz CT molecular complexity index is 1080. The average molecular weight is 365 g/mol. The molecule has 1 atom stereocenters. The van der Waals surface area contributed by atoms with Crippen LogP contribution in [-0.2, 0) is 12.9 Å². The molecule has 0 aliphatic heterocycles. The molecule has 0 aliphatic rings. The van der Waals surface area contributed by atoms with Crippen LogP contribution in [0.2, 0.25) is 5.02 Å². The molecule has 2 heterocycles. The second-order valence-corrected chi connectivity index (χ2v) is 5.75. The van der Waals surface area contributed by atoms with Gasteiger partial charge in [0, 0.05) is 23.2 Å². The van der Waals surface area contributed by atoms with Crippen LogP contribution in [0, 0.1) is 6.92 Å². The summed E-state index contributed by atoms with van der Waals surface area (Å²) in [5.74, 6) is -0.549. The van der Waals surface area contributed by atoms with Crippen LogP contribution in [0.1, 0.15) is 31.7 Å². The maximum Gasteiger partial charge on any atom is 0.328 e. The summed E-state index contributed by atoms with van der Waals surface area (Å²) in [6.45, 7) is -1.22. The number of aromatic amines is 1. The highest BCUT2D eigenvalue weighted by Gasteiger charge is 2.15. The van der Waals surface area contributed by atoms with Gasteiger partial charge in [-0.1, -0.05) is 28.9 Å². The Kier molecular flexibility index (Phi) is 4.12. The minimum absolute atomic E-state index is 0.0217. The van der Waals surface area contributed by atoms with Crippen LogP contribution in [0.3, 0.4) is 0 Å². The van der Waals surface area contributed by atoms with Gasteiger partial charge in [-0.3, -0.25) is 9.36 Å². The fourth-order valence-electron chi connectivity index (χ4n) is 2.12. The Morgan fingerprint density at radius 1 is 1.40 bits per heavy atom. The van der Waals surface area contributed by atoms with Crippen molar-refractivity contribution in [1.82, 2.24) is 19.7 Å². The van der Waals surface area contributed by atoms with Gasteiger partial charge in [0.15, 0.2) is 5.82 Å². The van der Waals surface area contributed by atoms with Crippen molar-refractivity contribution in [2.24, 2.45) is 0 Å². The zero-order chi connectivity index (χ0) is 19.8. The lowest BCUT2D eigenvalue weighted by atomic mass is 10.1.